The number of ether oxygens (including phenoxy) is 1. The van der Waals surface area contributed by atoms with Gasteiger partial charge in [0, 0.05) is 24.5 Å². The molecule has 0 saturated carbocycles. The number of rotatable bonds is 5. The molecule has 2 heterocycles. The molecule has 3 rings (SSSR count). The predicted octanol–water partition coefficient (Wildman–Crippen LogP) is 3.25. The molecule has 1 aromatic heterocycles. The van der Waals surface area contributed by atoms with Crippen LogP contribution in [0.15, 0.2) is 35.7 Å². The summed E-state index contributed by atoms with van der Waals surface area (Å²) in [5.74, 6) is 0.880. The summed E-state index contributed by atoms with van der Waals surface area (Å²) in [4.78, 5) is 3.99. The minimum atomic E-state index is 0.455. The smallest absolute Gasteiger partial charge is 0.119 e. The molecule has 0 N–H and O–H groups in total. The Morgan fingerprint density at radius 2 is 2.10 bits per heavy atom. The van der Waals surface area contributed by atoms with Crippen LogP contribution in [0, 0.1) is 11.3 Å². The highest BCUT2D eigenvalue weighted by atomic mass is 32.1. The van der Waals surface area contributed by atoms with E-state index in [2.05, 4.69) is 22.4 Å². The summed E-state index contributed by atoms with van der Waals surface area (Å²) in [5.41, 5.74) is 2.51. The average Bonchev–Trinajstić information content (AvgIpc) is 2.97. The fourth-order valence-corrected chi connectivity index (χ4v) is 3.47. The van der Waals surface area contributed by atoms with Crippen LogP contribution < -0.4 is 4.74 Å². The van der Waals surface area contributed by atoms with Crippen molar-refractivity contribution in [1.82, 2.24) is 4.90 Å². The minimum Gasteiger partial charge on any atom is -0.492 e. The number of nitriles is 1. The van der Waals surface area contributed by atoms with Gasteiger partial charge in [0.05, 0.1) is 12.5 Å². The molecule has 0 atom stereocenters. The Labute approximate surface area is 129 Å². The van der Waals surface area contributed by atoms with Crippen molar-refractivity contribution < 1.29 is 4.74 Å². The summed E-state index contributed by atoms with van der Waals surface area (Å²) >= 11 is 1.87. The summed E-state index contributed by atoms with van der Waals surface area (Å²) in [5, 5.41) is 10.8. The van der Waals surface area contributed by atoms with E-state index in [-0.39, 0.29) is 0 Å². The van der Waals surface area contributed by atoms with Crippen molar-refractivity contribution in [3.63, 3.8) is 0 Å². The van der Waals surface area contributed by atoms with Gasteiger partial charge in [0.2, 0.25) is 0 Å². The lowest BCUT2D eigenvalue weighted by atomic mass is 10.1. The Hall–Kier alpha value is -1.83. The Bertz CT molecular complexity index is 627. The van der Waals surface area contributed by atoms with E-state index in [1.54, 1.807) is 4.88 Å². The third-order valence-corrected chi connectivity index (χ3v) is 4.79. The molecule has 0 amide bonds. The number of fused-ring (bicyclic) bond motifs is 1. The fourth-order valence-electron chi connectivity index (χ4n) is 2.59. The average molecular weight is 298 g/mol. The molecule has 0 fully saturated rings. The Balaban J connectivity index is 1.45. The monoisotopic (exact) mass is 298 g/mol. The highest BCUT2D eigenvalue weighted by Gasteiger charge is 2.16. The van der Waals surface area contributed by atoms with Crippen LogP contribution in [0.25, 0.3) is 0 Å². The van der Waals surface area contributed by atoms with Crippen LogP contribution in [0.4, 0.5) is 0 Å². The van der Waals surface area contributed by atoms with Gasteiger partial charge in [0.1, 0.15) is 12.4 Å². The Morgan fingerprint density at radius 1 is 1.24 bits per heavy atom. The summed E-state index contributed by atoms with van der Waals surface area (Å²) in [6.45, 7) is 3.83. The third kappa shape index (κ3) is 3.63. The van der Waals surface area contributed by atoms with Gasteiger partial charge in [0.25, 0.3) is 0 Å². The first-order valence-electron chi connectivity index (χ1n) is 7.21. The second-order valence-corrected chi connectivity index (χ2v) is 6.22. The molecule has 0 aliphatic carbocycles. The molecule has 0 radical (unpaired) electrons. The first-order chi connectivity index (χ1) is 10.3. The van der Waals surface area contributed by atoms with Gasteiger partial charge >= 0.3 is 0 Å². The van der Waals surface area contributed by atoms with Crippen molar-refractivity contribution in [3.8, 4) is 11.8 Å². The van der Waals surface area contributed by atoms with Crippen molar-refractivity contribution in [2.75, 3.05) is 19.7 Å². The highest BCUT2D eigenvalue weighted by Crippen LogP contribution is 2.23. The lowest BCUT2D eigenvalue weighted by Crippen LogP contribution is -2.33. The molecular formula is C17H18N2OS. The van der Waals surface area contributed by atoms with Gasteiger partial charge in [-0.2, -0.15) is 5.26 Å². The van der Waals surface area contributed by atoms with Crippen LogP contribution in [-0.4, -0.2) is 24.6 Å². The maximum atomic E-state index is 8.64. The molecular weight excluding hydrogens is 280 g/mol. The van der Waals surface area contributed by atoms with Crippen molar-refractivity contribution in [3.05, 3.63) is 51.7 Å². The maximum Gasteiger partial charge on any atom is 0.119 e. The van der Waals surface area contributed by atoms with Crippen LogP contribution >= 0.6 is 11.3 Å². The lowest BCUT2D eigenvalue weighted by Gasteiger charge is -2.26. The van der Waals surface area contributed by atoms with Crippen LogP contribution in [0.2, 0.25) is 0 Å². The molecule has 108 valence electrons. The number of hydrogen-bond acceptors (Lipinski definition) is 4. The van der Waals surface area contributed by atoms with E-state index in [0.717, 1.165) is 37.4 Å². The number of thiophene rings is 1. The maximum absolute atomic E-state index is 8.64. The van der Waals surface area contributed by atoms with Gasteiger partial charge in [-0.05, 0) is 41.1 Å². The molecule has 1 aliphatic heterocycles. The fraction of sp³-hybridized carbons (Fsp3) is 0.353. The molecule has 2 aromatic rings. The molecule has 0 bridgehead atoms. The molecule has 1 aromatic carbocycles. The normalized spacial score (nSPS) is 14.4. The topological polar surface area (TPSA) is 36.3 Å². The molecule has 1 aliphatic rings. The van der Waals surface area contributed by atoms with Gasteiger partial charge in [-0.25, -0.2) is 0 Å². The predicted molar refractivity (Wildman–Crippen MR) is 84.6 cm³/mol. The van der Waals surface area contributed by atoms with E-state index in [4.69, 9.17) is 10.00 Å². The van der Waals surface area contributed by atoms with Gasteiger partial charge < -0.3 is 4.74 Å². The van der Waals surface area contributed by atoms with Crippen LogP contribution in [0.1, 0.15) is 16.0 Å². The zero-order chi connectivity index (χ0) is 14.5. The van der Waals surface area contributed by atoms with Crippen LogP contribution in [0.3, 0.4) is 0 Å². The Kier molecular flexibility index (Phi) is 4.54. The zero-order valence-electron chi connectivity index (χ0n) is 11.9. The SMILES string of the molecule is N#CCc1ccc(OCCN2CCc3sccc3C2)cc1. The van der Waals surface area contributed by atoms with E-state index < -0.39 is 0 Å². The molecule has 3 nitrogen and oxygen atoms in total. The number of hydrogen-bond donors (Lipinski definition) is 0. The molecule has 0 unspecified atom stereocenters. The first-order valence-corrected chi connectivity index (χ1v) is 8.09. The Morgan fingerprint density at radius 3 is 2.90 bits per heavy atom. The second-order valence-electron chi connectivity index (χ2n) is 5.22. The van der Waals surface area contributed by atoms with Crippen molar-refractivity contribution in [2.45, 2.75) is 19.4 Å². The third-order valence-electron chi connectivity index (χ3n) is 3.77. The number of nitrogens with zero attached hydrogens (tertiary/aromatic N) is 2. The summed E-state index contributed by atoms with van der Waals surface area (Å²) in [6.07, 6.45) is 1.62. The van der Waals surface area contributed by atoms with Crippen molar-refractivity contribution >= 4 is 11.3 Å². The van der Waals surface area contributed by atoms with Gasteiger partial charge in [-0.3, -0.25) is 4.90 Å². The summed E-state index contributed by atoms with van der Waals surface area (Å²) < 4.78 is 5.79. The van der Waals surface area contributed by atoms with E-state index in [0.29, 0.717) is 13.0 Å². The first kappa shape index (κ1) is 14.1. The second kappa shape index (κ2) is 6.75. The molecule has 0 spiro atoms. The zero-order valence-corrected chi connectivity index (χ0v) is 12.7. The summed E-state index contributed by atoms with van der Waals surface area (Å²) in [7, 11) is 0. The van der Waals surface area contributed by atoms with E-state index in [1.165, 1.54) is 5.56 Å². The van der Waals surface area contributed by atoms with Crippen LogP contribution in [0.5, 0.6) is 5.75 Å². The van der Waals surface area contributed by atoms with E-state index in [1.807, 2.05) is 35.6 Å². The van der Waals surface area contributed by atoms with Crippen LogP contribution in [-0.2, 0) is 19.4 Å². The van der Waals surface area contributed by atoms with Crippen molar-refractivity contribution in [1.29, 1.82) is 5.26 Å². The standard InChI is InChI=1S/C17H18N2OS/c18-8-5-14-1-3-16(4-2-14)20-11-10-19-9-6-17-15(13-19)7-12-21-17/h1-4,7,12H,5-6,9-11,13H2. The summed E-state index contributed by atoms with van der Waals surface area (Å²) in [6, 6.07) is 12.2. The molecule has 0 saturated heterocycles. The minimum absolute atomic E-state index is 0.455. The van der Waals surface area contributed by atoms with Gasteiger partial charge in [0.15, 0.2) is 0 Å². The van der Waals surface area contributed by atoms with Crippen molar-refractivity contribution in [2.24, 2.45) is 0 Å². The van der Waals surface area contributed by atoms with Gasteiger partial charge in [-0.1, -0.05) is 12.1 Å². The highest BCUT2D eigenvalue weighted by molar-refractivity contribution is 7.10. The number of benzene rings is 1. The van der Waals surface area contributed by atoms with E-state index in [9.17, 15) is 0 Å². The van der Waals surface area contributed by atoms with Gasteiger partial charge in [-0.15, -0.1) is 11.3 Å². The molecule has 4 heteroatoms. The molecule has 21 heavy (non-hydrogen) atoms. The quantitative estimate of drug-likeness (QED) is 0.850. The lowest BCUT2D eigenvalue weighted by molar-refractivity contribution is 0.197. The largest absolute Gasteiger partial charge is 0.492 e. The van der Waals surface area contributed by atoms with E-state index >= 15 is 0 Å².